The maximum Gasteiger partial charge on any atom is 0.257 e. The van der Waals surface area contributed by atoms with Gasteiger partial charge in [0.1, 0.15) is 17.3 Å². The number of imidazole rings is 1. The van der Waals surface area contributed by atoms with Crippen molar-refractivity contribution in [2.45, 2.75) is 39.7 Å². The summed E-state index contributed by atoms with van der Waals surface area (Å²) in [4.78, 5) is 16.9. The highest BCUT2D eigenvalue weighted by atomic mass is 16.5. The Morgan fingerprint density at radius 1 is 0.886 bits per heavy atom. The third-order valence-electron chi connectivity index (χ3n) is 6.02. The minimum absolute atomic E-state index is 0.0169. The van der Waals surface area contributed by atoms with Crippen molar-refractivity contribution in [2.24, 2.45) is 0 Å². The second-order valence-corrected chi connectivity index (χ2v) is 8.67. The van der Waals surface area contributed by atoms with Crippen molar-refractivity contribution in [3.8, 4) is 11.5 Å². The van der Waals surface area contributed by atoms with Gasteiger partial charge in [-0.25, -0.2) is 4.98 Å². The van der Waals surface area contributed by atoms with Crippen LogP contribution in [0.15, 0.2) is 72.8 Å². The van der Waals surface area contributed by atoms with E-state index in [-0.39, 0.29) is 12.5 Å². The zero-order valence-corrected chi connectivity index (χ0v) is 20.5. The number of carbonyl (C=O) groups excluding carboxylic acids is 1. The molecule has 0 saturated carbocycles. The van der Waals surface area contributed by atoms with E-state index in [0.29, 0.717) is 18.9 Å². The number of aromatic nitrogens is 2. The number of para-hydroxylation sites is 3. The monoisotopic (exact) mass is 471 g/mol. The lowest BCUT2D eigenvalue weighted by atomic mass is 10.1. The summed E-state index contributed by atoms with van der Waals surface area (Å²) in [5.74, 6) is 2.52. The van der Waals surface area contributed by atoms with Gasteiger partial charge in [-0.2, -0.15) is 0 Å². The first-order chi connectivity index (χ1) is 17.1. The van der Waals surface area contributed by atoms with Crippen molar-refractivity contribution in [1.29, 1.82) is 0 Å². The summed E-state index contributed by atoms with van der Waals surface area (Å²) in [5, 5.41) is 2.93. The molecule has 4 rings (SSSR count). The van der Waals surface area contributed by atoms with Crippen molar-refractivity contribution in [1.82, 2.24) is 14.9 Å². The summed E-state index contributed by atoms with van der Waals surface area (Å²) in [5.41, 5.74) is 4.64. The number of nitrogens with zero attached hydrogens (tertiary/aromatic N) is 2. The predicted molar refractivity (Wildman–Crippen MR) is 139 cm³/mol. The molecule has 0 radical (unpaired) electrons. The number of carbonyl (C=O) groups is 1. The van der Waals surface area contributed by atoms with E-state index in [1.54, 1.807) is 0 Å². The number of rotatable bonds is 12. The van der Waals surface area contributed by atoms with Crippen molar-refractivity contribution in [3.05, 3.63) is 89.7 Å². The van der Waals surface area contributed by atoms with E-state index in [2.05, 4.69) is 41.9 Å². The van der Waals surface area contributed by atoms with E-state index < -0.39 is 0 Å². The van der Waals surface area contributed by atoms with Gasteiger partial charge in [-0.15, -0.1) is 0 Å². The molecular formula is C29H33N3O3. The van der Waals surface area contributed by atoms with Gasteiger partial charge in [0.05, 0.1) is 17.6 Å². The van der Waals surface area contributed by atoms with Crippen LogP contribution < -0.4 is 14.8 Å². The fourth-order valence-electron chi connectivity index (χ4n) is 3.97. The summed E-state index contributed by atoms with van der Waals surface area (Å²) in [6, 6.07) is 23.8. The van der Waals surface area contributed by atoms with Crippen molar-refractivity contribution >= 4 is 16.9 Å². The lowest BCUT2D eigenvalue weighted by Crippen LogP contribution is -2.30. The zero-order chi connectivity index (χ0) is 24.5. The number of fused-ring (bicyclic) bond motifs is 1. The molecule has 0 bridgehead atoms. The molecule has 35 heavy (non-hydrogen) atoms. The molecule has 0 aliphatic rings. The third kappa shape index (κ3) is 6.85. The molecule has 4 aromatic rings. The first-order valence-electron chi connectivity index (χ1n) is 12.2. The van der Waals surface area contributed by atoms with Gasteiger partial charge in [-0.05, 0) is 74.2 Å². The molecule has 0 fully saturated rings. The van der Waals surface area contributed by atoms with E-state index in [1.165, 1.54) is 11.1 Å². The number of ether oxygens (including phenoxy) is 2. The Kier molecular flexibility index (Phi) is 8.39. The maximum absolute atomic E-state index is 12.1. The number of benzene rings is 3. The standard InChI is InChI=1S/C29H33N3O3/c1-22-15-16-25(20-23(22)2)34-19-9-18-32-27-13-7-6-12-26(27)31-28(32)14-8-17-30-29(33)21-35-24-10-4-3-5-11-24/h3-7,10-13,15-16,20H,8-9,14,17-19,21H2,1-2H3,(H,30,33). The average Bonchev–Trinajstić information content (AvgIpc) is 3.23. The molecule has 3 aromatic carbocycles. The first-order valence-corrected chi connectivity index (χ1v) is 12.2. The van der Waals surface area contributed by atoms with Gasteiger partial charge >= 0.3 is 0 Å². The molecular weight excluding hydrogens is 438 g/mol. The van der Waals surface area contributed by atoms with Crippen LogP contribution in [-0.2, 0) is 17.8 Å². The predicted octanol–water partition coefficient (Wildman–Crippen LogP) is 5.25. The summed E-state index contributed by atoms with van der Waals surface area (Å²) < 4.78 is 13.8. The van der Waals surface area contributed by atoms with Crippen LogP contribution in [0.3, 0.4) is 0 Å². The van der Waals surface area contributed by atoms with E-state index in [9.17, 15) is 4.79 Å². The average molecular weight is 472 g/mol. The summed E-state index contributed by atoms with van der Waals surface area (Å²) in [7, 11) is 0. The highest BCUT2D eigenvalue weighted by Crippen LogP contribution is 2.19. The Bertz CT molecular complexity index is 1250. The fourth-order valence-corrected chi connectivity index (χ4v) is 3.97. The number of hydrogen-bond donors (Lipinski definition) is 1. The first kappa shape index (κ1) is 24.3. The highest BCUT2D eigenvalue weighted by Gasteiger charge is 2.11. The van der Waals surface area contributed by atoms with Crippen molar-refractivity contribution in [3.63, 3.8) is 0 Å². The van der Waals surface area contributed by atoms with Gasteiger partial charge in [-0.1, -0.05) is 36.4 Å². The second kappa shape index (κ2) is 12.1. The molecule has 0 aliphatic carbocycles. The Labute approximate surface area is 206 Å². The van der Waals surface area contributed by atoms with Gasteiger partial charge in [0.25, 0.3) is 5.91 Å². The molecule has 1 aromatic heterocycles. The van der Waals surface area contributed by atoms with E-state index >= 15 is 0 Å². The van der Waals surface area contributed by atoms with Crippen LogP contribution in [0.5, 0.6) is 11.5 Å². The van der Waals surface area contributed by atoms with Crippen LogP contribution >= 0.6 is 0 Å². The molecule has 1 amide bonds. The molecule has 6 nitrogen and oxygen atoms in total. The Morgan fingerprint density at radius 3 is 2.51 bits per heavy atom. The summed E-state index contributed by atoms with van der Waals surface area (Å²) in [6.45, 7) is 6.28. The molecule has 6 heteroatoms. The smallest absolute Gasteiger partial charge is 0.257 e. The fraction of sp³-hybridized carbons (Fsp3) is 0.310. The van der Waals surface area contributed by atoms with E-state index in [0.717, 1.165) is 48.4 Å². The van der Waals surface area contributed by atoms with Gasteiger partial charge in [0.15, 0.2) is 6.61 Å². The minimum atomic E-state index is -0.120. The van der Waals surface area contributed by atoms with Crippen LogP contribution in [-0.4, -0.2) is 35.2 Å². The number of aryl methyl sites for hydroxylation is 4. The lowest BCUT2D eigenvalue weighted by Gasteiger charge is -2.12. The van der Waals surface area contributed by atoms with Crippen LogP contribution in [0.4, 0.5) is 0 Å². The van der Waals surface area contributed by atoms with Gasteiger partial charge < -0.3 is 19.4 Å². The molecule has 0 saturated heterocycles. The highest BCUT2D eigenvalue weighted by molar-refractivity contribution is 5.77. The molecule has 0 atom stereocenters. The topological polar surface area (TPSA) is 65.4 Å². The Hall–Kier alpha value is -3.80. The van der Waals surface area contributed by atoms with Gasteiger partial charge in [0.2, 0.25) is 0 Å². The molecule has 0 spiro atoms. The summed E-state index contributed by atoms with van der Waals surface area (Å²) >= 11 is 0. The van der Waals surface area contributed by atoms with Crippen LogP contribution in [0, 0.1) is 13.8 Å². The van der Waals surface area contributed by atoms with Crippen LogP contribution in [0.2, 0.25) is 0 Å². The second-order valence-electron chi connectivity index (χ2n) is 8.67. The maximum atomic E-state index is 12.1. The minimum Gasteiger partial charge on any atom is -0.494 e. The van der Waals surface area contributed by atoms with E-state index in [1.807, 2.05) is 54.6 Å². The summed E-state index contributed by atoms with van der Waals surface area (Å²) in [6.07, 6.45) is 2.47. The van der Waals surface area contributed by atoms with Gasteiger partial charge in [-0.3, -0.25) is 4.79 Å². The van der Waals surface area contributed by atoms with Crippen molar-refractivity contribution < 1.29 is 14.3 Å². The van der Waals surface area contributed by atoms with Crippen LogP contribution in [0.1, 0.15) is 29.8 Å². The number of nitrogens with one attached hydrogen (secondary N) is 1. The SMILES string of the molecule is Cc1ccc(OCCCn2c(CCCNC(=O)COc3ccccc3)nc3ccccc32)cc1C. The van der Waals surface area contributed by atoms with E-state index in [4.69, 9.17) is 14.5 Å². The Morgan fingerprint density at radius 2 is 1.69 bits per heavy atom. The van der Waals surface area contributed by atoms with Crippen LogP contribution in [0.25, 0.3) is 11.0 Å². The number of amides is 1. The normalized spacial score (nSPS) is 10.9. The lowest BCUT2D eigenvalue weighted by molar-refractivity contribution is -0.123. The quantitative estimate of drug-likeness (QED) is 0.287. The molecule has 1 N–H and O–H groups in total. The Balaban J connectivity index is 1.26. The zero-order valence-electron chi connectivity index (χ0n) is 20.5. The van der Waals surface area contributed by atoms with Crippen molar-refractivity contribution in [2.75, 3.05) is 19.8 Å². The number of hydrogen-bond acceptors (Lipinski definition) is 4. The molecule has 182 valence electrons. The van der Waals surface area contributed by atoms with Gasteiger partial charge in [0, 0.05) is 19.5 Å². The molecule has 1 heterocycles. The molecule has 0 aliphatic heterocycles. The third-order valence-corrected chi connectivity index (χ3v) is 6.02. The largest absolute Gasteiger partial charge is 0.494 e. The molecule has 0 unspecified atom stereocenters.